The molecule has 2 rings (SSSR count). The van der Waals surface area contributed by atoms with E-state index < -0.39 is 0 Å². The predicted octanol–water partition coefficient (Wildman–Crippen LogP) is 2.74. The zero-order valence-corrected chi connectivity index (χ0v) is 12.0. The maximum absolute atomic E-state index is 5.36. The van der Waals surface area contributed by atoms with E-state index in [0.29, 0.717) is 12.1 Å². The molecule has 1 aliphatic heterocycles. The van der Waals surface area contributed by atoms with Gasteiger partial charge < -0.3 is 5.32 Å². The van der Waals surface area contributed by atoms with Crippen LogP contribution < -0.4 is 5.32 Å². The Hall–Kier alpha value is -1.30. The number of aryl methyl sites for hydroxylation is 1. The van der Waals surface area contributed by atoms with Crippen LogP contribution >= 0.6 is 0 Å². The van der Waals surface area contributed by atoms with Gasteiger partial charge in [0.15, 0.2) is 0 Å². The zero-order valence-electron chi connectivity index (χ0n) is 12.0. The molecule has 0 aromatic heterocycles. The minimum Gasteiger partial charge on any atom is -0.307 e. The summed E-state index contributed by atoms with van der Waals surface area (Å²) in [7, 11) is 0. The third kappa shape index (κ3) is 3.83. The van der Waals surface area contributed by atoms with Crippen molar-refractivity contribution in [2.45, 2.75) is 38.8 Å². The molecule has 0 saturated carbocycles. The van der Waals surface area contributed by atoms with Crippen molar-refractivity contribution >= 4 is 0 Å². The number of hydrogen-bond acceptors (Lipinski definition) is 2. The molecule has 2 heteroatoms. The van der Waals surface area contributed by atoms with E-state index in [1.165, 1.54) is 24.0 Å². The standard InChI is InChI=1S/C17H24N2/c1-4-11-19-12-9-16(10-13-19)18-15(3)17-8-6-5-7-14(17)2/h1,5-8,15-16,18H,9-13H2,2-3H3/t15-/m0/s1. The number of rotatable bonds is 4. The highest BCUT2D eigenvalue weighted by atomic mass is 15.1. The minimum atomic E-state index is 0.422. The van der Waals surface area contributed by atoms with Crippen molar-refractivity contribution in [1.29, 1.82) is 0 Å². The van der Waals surface area contributed by atoms with Crippen LogP contribution in [0.5, 0.6) is 0 Å². The van der Waals surface area contributed by atoms with Crippen LogP contribution in [0.4, 0.5) is 0 Å². The van der Waals surface area contributed by atoms with Crippen molar-refractivity contribution in [1.82, 2.24) is 10.2 Å². The molecule has 0 aliphatic carbocycles. The van der Waals surface area contributed by atoms with E-state index in [0.717, 1.165) is 19.6 Å². The maximum Gasteiger partial charge on any atom is 0.0598 e. The highest BCUT2D eigenvalue weighted by molar-refractivity contribution is 5.28. The van der Waals surface area contributed by atoms with E-state index in [-0.39, 0.29) is 0 Å². The molecule has 1 saturated heterocycles. The first-order valence-electron chi connectivity index (χ1n) is 7.18. The Morgan fingerprint density at radius 3 is 2.68 bits per heavy atom. The molecule has 1 N–H and O–H groups in total. The molecule has 0 amide bonds. The third-order valence-corrected chi connectivity index (χ3v) is 4.04. The number of benzene rings is 1. The molecule has 1 fully saturated rings. The zero-order chi connectivity index (χ0) is 13.7. The molecular formula is C17H24N2. The molecule has 1 aromatic carbocycles. The predicted molar refractivity (Wildman–Crippen MR) is 81.0 cm³/mol. The molecule has 102 valence electrons. The highest BCUT2D eigenvalue weighted by Crippen LogP contribution is 2.20. The van der Waals surface area contributed by atoms with Crippen LogP contribution in [0, 0.1) is 19.3 Å². The SMILES string of the molecule is C#CCN1CCC(N[C@@H](C)c2ccccc2C)CC1. The lowest BCUT2D eigenvalue weighted by Gasteiger charge is -2.33. The Bertz CT molecular complexity index is 439. The number of likely N-dealkylation sites (tertiary alicyclic amines) is 1. The molecule has 0 radical (unpaired) electrons. The van der Waals surface area contributed by atoms with Crippen LogP contribution in [0.15, 0.2) is 24.3 Å². The van der Waals surface area contributed by atoms with E-state index in [4.69, 9.17) is 6.42 Å². The molecular weight excluding hydrogens is 232 g/mol. The first-order chi connectivity index (χ1) is 9.20. The van der Waals surface area contributed by atoms with Crippen molar-refractivity contribution < 1.29 is 0 Å². The van der Waals surface area contributed by atoms with Gasteiger partial charge in [-0.25, -0.2) is 0 Å². The van der Waals surface area contributed by atoms with Crippen molar-refractivity contribution in [3.8, 4) is 12.3 Å². The normalized spacial score (nSPS) is 19.0. The topological polar surface area (TPSA) is 15.3 Å². The van der Waals surface area contributed by atoms with Crippen molar-refractivity contribution in [2.24, 2.45) is 0 Å². The van der Waals surface area contributed by atoms with Crippen LogP contribution in [0.2, 0.25) is 0 Å². The molecule has 2 nitrogen and oxygen atoms in total. The number of nitrogens with zero attached hydrogens (tertiary/aromatic N) is 1. The Balaban J connectivity index is 1.86. The van der Waals surface area contributed by atoms with Gasteiger partial charge in [-0.15, -0.1) is 6.42 Å². The summed E-state index contributed by atoms with van der Waals surface area (Å²) < 4.78 is 0. The summed E-state index contributed by atoms with van der Waals surface area (Å²) in [5.74, 6) is 2.73. The summed E-state index contributed by atoms with van der Waals surface area (Å²) in [6, 6.07) is 9.66. The summed E-state index contributed by atoms with van der Waals surface area (Å²) >= 11 is 0. The van der Waals surface area contributed by atoms with Crippen LogP contribution in [-0.4, -0.2) is 30.6 Å². The number of terminal acetylenes is 1. The molecule has 0 bridgehead atoms. The Morgan fingerprint density at radius 1 is 1.37 bits per heavy atom. The number of nitrogens with one attached hydrogen (secondary N) is 1. The smallest absolute Gasteiger partial charge is 0.0598 e. The van der Waals surface area contributed by atoms with Crippen LogP contribution in [-0.2, 0) is 0 Å². The first-order valence-corrected chi connectivity index (χ1v) is 7.18. The summed E-state index contributed by atoms with van der Waals surface area (Å²) in [5, 5.41) is 3.76. The summed E-state index contributed by atoms with van der Waals surface area (Å²) in [4.78, 5) is 2.36. The fourth-order valence-corrected chi connectivity index (χ4v) is 2.90. The third-order valence-electron chi connectivity index (χ3n) is 4.04. The van der Waals surface area contributed by atoms with Crippen LogP contribution in [0.25, 0.3) is 0 Å². The molecule has 0 unspecified atom stereocenters. The van der Waals surface area contributed by atoms with E-state index in [1.54, 1.807) is 0 Å². The molecule has 1 heterocycles. The van der Waals surface area contributed by atoms with E-state index in [9.17, 15) is 0 Å². The van der Waals surface area contributed by atoms with Gasteiger partial charge in [-0.1, -0.05) is 30.2 Å². The van der Waals surface area contributed by atoms with E-state index >= 15 is 0 Å². The van der Waals surface area contributed by atoms with Crippen molar-refractivity contribution in [2.75, 3.05) is 19.6 Å². The second kappa shape index (κ2) is 6.75. The van der Waals surface area contributed by atoms with E-state index in [2.05, 4.69) is 54.3 Å². The average molecular weight is 256 g/mol. The lowest BCUT2D eigenvalue weighted by atomic mass is 9.99. The van der Waals surface area contributed by atoms with Gasteiger partial charge in [-0.3, -0.25) is 4.90 Å². The van der Waals surface area contributed by atoms with Gasteiger partial charge in [0.25, 0.3) is 0 Å². The van der Waals surface area contributed by atoms with Crippen molar-refractivity contribution in [3.63, 3.8) is 0 Å². The van der Waals surface area contributed by atoms with E-state index in [1.807, 2.05) is 0 Å². The fourth-order valence-electron chi connectivity index (χ4n) is 2.90. The molecule has 0 spiro atoms. The van der Waals surface area contributed by atoms with Crippen LogP contribution in [0.1, 0.15) is 36.9 Å². The summed E-state index contributed by atoms with van der Waals surface area (Å²) in [6.45, 7) is 7.46. The number of piperidine rings is 1. The van der Waals surface area contributed by atoms with Gasteiger partial charge in [0.2, 0.25) is 0 Å². The summed E-state index contributed by atoms with van der Waals surface area (Å²) in [5.41, 5.74) is 2.78. The Kier molecular flexibility index (Phi) is 5.01. The van der Waals surface area contributed by atoms with Gasteiger partial charge in [0.1, 0.15) is 0 Å². The second-order valence-corrected chi connectivity index (χ2v) is 5.50. The quantitative estimate of drug-likeness (QED) is 0.833. The second-order valence-electron chi connectivity index (χ2n) is 5.50. The van der Waals surface area contributed by atoms with Gasteiger partial charge in [-0.2, -0.15) is 0 Å². The first kappa shape index (κ1) is 14.1. The minimum absolute atomic E-state index is 0.422. The fraction of sp³-hybridized carbons (Fsp3) is 0.529. The van der Waals surface area contributed by atoms with Gasteiger partial charge in [0.05, 0.1) is 6.54 Å². The lowest BCUT2D eigenvalue weighted by molar-refractivity contribution is 0.211. The van der Waals surface area contributed by atoms with Gasteiger partial charge in [-0.05, 0) is 37.8 Å². The molecule has 1 atom stereocenters. The van der Waals surface area contributed by atoms with Crippen LogP contribution in [0.3, 0.4) is 0 Å². The average Bonchev–Trinajstić information content (AvgIpc) is 2.42. The van der Waals surface area contributed by atoms with Crippen molar-refractivity contribution in [3.05, 3.63) is 35.4 Å². The molecule has 19 heavy (non-hydrogen) atoms. The van der Waals surface area contributed by atoms with Gasteiger partial charge >= 0.3 is 0 Å². The largest absolute Gasteiger partial charge is 0.307 e. The highest BCUT2D eigenvalue weighted by Gasteiger charge is 2.20. The molecule has 1 aromatic rings. The lowest BCUT2D eigenvalue weighted by Crippen LogP contribution is -2.43. The Labute approximate surface area is 117 Å². The maximum atomic E-state index is 5.36. The monoisotopic (exact) mass is 256 g/mol. The number of hydrogen-bond donors (Lipinski definition) is 1. The van der Waals surface area contributed by atoms with Gasteiger partial charge in [0, 0.05) is 25.2 Å². The molecule has 1 aliphatic rings. The Morgan fingerprint density at radius 2 is 2.05 bits per heavy atom. The summed E-state index contributed by atoms with van der Waals surface area (Å²) in [6.07, 6.45) is 7.74.